The molecule has 1 N–H and O–H groups in total. The number of nitrogens with zero attached hydrogens (tertiary/aromatic N) is 1. The number of benzene rings is 1. The first-order chi connectivity index (χ1) is 12.8. The van der Waals surface area contributed by atoms with Crippen LogP contribution < -0.4 is 4.74 Å². The lowest BCUT2D eigenvalue weighted by molar-refractivity contribution is -0.187. The summed E-state index contributed by atoms with van der Waals surface area (Å²) in [5.41, 5.74) is 0.159. The van der Waals surface area contributed by atoms with Crippen LogP contribution in [0.3, 0.4) is 0 Å². The van der Waals surface area contributed by atoms with Crippen LogP contribution >= 0.6 is 0 Å². The third kappa shape index (κ3) is 4.52. The molecule has 1 unspecified atom stereocenters. The molecule has 2 aliphatic rings. The predicted octanol–water partition coefficient (Wildman–Crippen LogP) is 2.58. The first kappa shape index (κ1) is 19.5. The van der Waals surface area contributed by atoms with E-state index >= 15 is 0 Å². The molecule has 0 bridgehead atoms. The SMILES string of the molecule is O=C(O)[C@@H]1CN(C(=O)c2cccc(OCC3CCCO3)c2)C[C@H]1C(F)(F)F. The molecule has 148 valence electrons. The van der Waals surface area contributed by atoms with Gasteiger partial charge in [0.1, 0.15) is 12.4 Å². The molecule has 9 heteroatoms. The smallest absolute Gasteiger partial charge is 0.394 e. The lowest BCUT2D eigenvalue weighted by Gasteiger charge is -2.18. The van der Waals surface area contributed by atoms with Crippen molar-refractivity contribution in [3.05, 3.63) is 29.8 Å². The number of amides is 1. The molecule has 1 aromatic carbocycles. The van der Waals surface area contributed by atoms with Gasteiger partial charge in [-0.1, -0.05) is 6.07 Å². The minimum Gasteiger partial charge on any atom is -0.491 e. The van der Waals surface area contributed by atoms with Crippen LogP contribution in [-0.4, -0.2) is 60.5 Å². The van der Waals surface area contributed by atoms with E-state index in [0.29, 0.717) is 19.0 Å². The quantitative estimate of drug-likeness (QED) is 0.841. The Hall–Kier alpha value is -2.29. The molecule has 0 radical (unpaired) electrons. The predicted molar refractivity (Wildman–Crippen MR) is 87.5 cm³/mol. The van der Waals surface area contributed by atoms with Crippen LogP contribution in [0.15, 0.2) is 24.3 Å². The van der Waals surface area contributed by atoms with Gasteiger partial charge in [0.15, 0.2) is 0 Å². The van der Waals surface area contributed by atoms with E-state index in [1.807, 2.05) is 0 Å². The highest BCUT2D eigenvalue weighted by Crippen LogP contribution is 2.38. The van der Waals surface area contributed by atoms with E-state index in [2.05, 4.69) is 0 Å². The summed E-state index contributed by atoms with van der Waals surface area (Å²) in [4.78, 5) is 24.7. The Morgan fingerprint density at radius 3 is 2.67 bits per heavy atom. The van der Waals surface area contributed by atoms with Gasteiger partial charge in [-0.3, -0.25) is 9.59 Å². The maximum absolute atomic E-state index is 13.1. The van der Waals surface area contributed by atoms with Gasteiger partial charge in [0.05, 0.1) is 17.9 Å². The molecule has 3 rings (SSSR count). The van der Waals surface area contributed by atoms with Gasteiger partial charge in [0, 0.05) is 25.3 Å². The number of alkyl halides is 3. The van der Waals surface area contributed by atoms with E-state index < -0.39 is 43.0 Å². The first-order valence-electron chi connectivity index (χ1n) is 8.69. The van der Waals surface area contributed by atoms with Crippen molar-refractivity contribution in [1.82, 2.24) is 4.90 Å². The maximum Gasteiger partial charge on any atom is 0.394 e. The number of aliphatic carboxylic acids is 1. The van der Waals surface area contributed by atoms with Crippen molar-refractivity contribution in [2.45, 2.75) is 25.1 Å². The molecule has 2 fully saturated rings. The summed E-state index contributed by atoms with van der Waals surface area (Å²) in [7, 11) is 0. The molecule has 1 amide bonds. The Bertz CT molecular complexity index is 702. The first-order valence-corrected chi connectivity index (χ1v) is 8.69. The molecular weight excluding hydrogens is 367 g/mol. The van der Waals surface area contributed by atoms with Gasteiger partial charge in [-0.05, 0) is 31.0 Å². The summed E-state index contributed by atoms with van der Waals surface area (Å²) in [6.45, 7) is -0.120. The van der Waals surface area contributed by atoms with Crippen LogP contribution in [0.5, 0.6) is 5.75 Å². The lowest BCUT2D eigenvalue weighted by atomic mass is 9.96. The summed E-state index contributed by atoms with van der Waals surface area (Å²) < 4.78 is 50.3. The number of carboxylic acids is 1. The van der Waals surface area contributed by atoms with E-state index in [-0.39, 0.29) is 11.7 Å². The Morgan fingerprint density at radius 2 is 2.07 bits per heavy atom. The number of ether oxygens (including phenoxy) is 2. The van der Waals surface area contributed by atoms with Crippen molar-refractivity contribution < 1.29 is 37.3 Å². The van der Waals surface area contributed by atoms with Gasteiger partial charge in [0.25, 0.3) is 5.91 Å². The average Bonchev–Trinajstić information content (AvgIpc) is 3.29. The van der Waals surface area contributed by atoms with Gasteiger partial charge in [-0.15, -0.1) is 0 Å². The molecule has 1 aromatic rings. The highest BCUT2D eigenvalue weighted by atomic mass is 19.4. The standard InChI is InChI=1S/C18H20F3NO5/c19-18(20,21)15-9-22(8-14(15)17(24)25)16(23)11-3-1-4-12(7-11)27-10-13-5-2-6-26-13/h1,3-4,7,13-15H,2,5-6,8-10H2,(H,24,25)/t13?,14-,15-/m1/s1. The van der Waals surface area contributed by atoms with E-state index in [4.69, 9.17) is 14.6 Å². The largest absolute Gasteiger partial charge is 0.491 e. The molecule has 6 nitrogen and oxygen atoms in total. The zero-order valence-corrected chi connectivity index (χ0v) is 14.4. The fraction of sp³-hybridized carbons (Fsp3) is 0.556. The number of likely N-dealkylation sites (tertiary alicyclic amines) is 1. The van der Waals surface area contributed by atoms with Crippen molar-refractivity contribution in [2.75, 3.05) is 26.3 Å². The minimum atomic E-state index is -4.68. The second-order valence-corrected chi connectivity index (χ2v) is 6.78. The van der Waals surface area contributed by atoms with Crippen LogP contribution in [0.25, 0.3) is 0 Å². The Morgan fingerprint density at radius 1 is 1.30 bits per heavy atom. The summed E-state index contributed by atoms with van der Waals surface area (Å²) in [5.74, 6) is -5.51. The maximum atomic E-state index is 13.1. The van der Waals surface area contributed by atoms with Gasteiger partial charge in [-0.25, -0.2) is 0 Å². The van der Waals surface area contributed by atoms with Crippen LogP contribution in [0.2, 0.25) is 0 Å². The molecular formula is C18H20F3NO5. The van der Waals surface area contributed by atoms with Crippen molar-refractivity contribution >= 4 is 11.9 Å². The molecule has 0 saturated carbocycles. The number of halogens is 3. The third-order valence-electron chi connectivity index (χ3n) is 4.89. The van der Waals surface area contributed by atoms with Crippen LogP contribution in [-0.2, 0) is 9.53 Å². The van der Waals surface area contributed by atoms with Gasteiger partial charge in [0.2, 0.25) is 0 Å². The number of carbonyl (C=O) groups is 2. The van der Waals surface area contributed by atoms with Crippen LogP contribution in [0.1, 0.15) is 23.2 Å². The summed E-state index contributed by atoms with van der Waals surface area (Å²) >= 11 is 0. The number of carbonyl (C=O) groups excluding carboxylic acids is 1. The third-order valence-corrected chi connectivity index (χ3v) is 4.89. The Kier molecular flexibility index (Phi) is 5.59. The van der Waals surface area contributed by atoms with Gasteiger partial charge in [-0.2, -0.15) is 13.2 Å². The average molecular weight is 387 g/mol. The summed E-state index contributed by atoms with van der Waals surface area (Å²) in [5, 5.41) is 9.07. The van der Waals surface area contributed by atoms with Crippen LogP contribution in [0.4, 0.5) is 13.2 Å². The molecule has 2 aliphatic heterocycles. The van der Waals surface area contributed by atoms with E-state index in [1.165, 1.54) is 12.1 Å². The van der Waals surface area contributed by atoms with Gasteiger partial charge >= 0.3 is 12.1 Å². The molecule has 27 heavy (non-hydrogen) atoms. The Balaban J connectivity index is 1.68. The zero-order valence-electron chi connectivity index (χ0n) is 14.4. The van der Waals surface area contributed by atoms with Crippen molar-refractivity contribution in [1.29, 1.82) is 0 Å². The molecule has 0 aromatic heterocycles. The molecule has 3 atom stereocenters. The molecule has 2 saturated heterocycles. The van der Waals surface area contributed by atoms with E-state index in [9.17, 15) is 22.8 Å². The topological polar surface area (TPSA) is 76.1 Å². The number of carboxylic acid groups (broad SMARTS) is 1. The summed E-state index contributed by atoms with van der Waals surface area (Å²) in [6.07, 6.45) is -2.83. The van der Waals surface area contributed by atoms with E-state index in [1.54, 1.807) is 12.1 Å². The minimum absolute atomic E-state index is 0.00758. The fourth-order valence-corrected chi connectivity index (χ4v) is 3.42. The number of rotatable bonds is 5. The van der Waals surface area contributed by atoms with Crippen molar-refractivity contribution in [2.24, 2.45) is 11.8 Å². The lowest BCUT2D eigenvalue weighted by Crippen LogP contribution is -2.34. The zero-order chi connectivity index (χ0) is 19.6. The monoisotopic (exact) mass is 387 g/mol. The second kappa shape index (κ2) is 7.75. The summed E-state index contributed by atoms with van der Waals surface area (Å²) in [6, 6.07) is 6.14. The Labute approximate surface area is 153 Å². The second-order valence-electron chi connectivity index (χ2n) is 6.78. The normalized spacial score (nSPS) is 25.6. The fourth-order valence-electron chi connectivity index (χ4n) is 3.42. The highest BCUT2D eigenvalue weighted by Gasteiger charge is 2.53. The number of hydrogen-bond acceptors (Lipinski definition) is 4. The van der Waals surface area contributed by atoms with Crippen molar-refractivity contribution in [3.63, 3.8) is 0 Å². The highest BCUT2D eigenvalue weighted by molar-refractivity contribution is 5.95. The van der Waals surface area contributed by atoms with Crippen molar-refractivity contribution in [3.8, 4) is 5.75 Å². The number of hydrogen-bond donors (Lipinski definition) is 1. The molecule has 2 heterocycles. The van der Waals surface area contributed by atoms with Gasteiger partial charge < -0.3 is 19.5 Å². The van der Waals surface area contributed by atoms with E-state index in [0.717, 1.165) is 17.7 Å². The molecule has 0 spiro atoms. The van der Waals surface area contributed by atoms with Crippen LogP contribution in [0, 0.1) is 11.8 Å². The molecule has 0 aliphatic carbocycles.